The minimum atomic E-state index is -0.956. The van der Waals surface area contributed by atoms with E-state index in [-0.39, 0.29) is 11.3 Å². The highest BCUT2D eigenvalue weighted by Gasteiger charge is 2.47. The topological polar surface area (TPSA) is 85.3 Å². The van der Waals surface area contributed by atoms with Crippen LogP contribution in [0.15, 0.2) is 64.6 Å². The predicted molar refractivity (Wildman–Crippen MR) is 141 cm³/mol. The first-order valence-electron chi connectivity index (χ1n) is 10.8. The lowest BCUT2D eigenvalue weighted by molar-refractivity contribution is -0.132. The highest BCUT2D eigenvalue weighted by molar-refractivity contribution is 9.10. The van der Waals surface area contributed by atoms with Crippen molar-refractivity contribution < 1.29 is 28.9 Å². The molecule has 1 atom stereocenters. The Morgan fingerprint density at radius 1 is 0.917 bits per heavy atom. The predicted octanol–water partition coefficient (Wildman–Crippen LogP) is 6.06. The van der Waals surface area contributed by atoms with Crippen LogP contribution in [-0.4, -0.2) is 38.1 Å². The van der Waals surface area contributed by atoms with E-state index in [4.69, 9.17) is 25.8 Å². The van der Waals surface area contributed by atoms with Crippen LogP contribution in [0.3, 0.4) is 0 Å². The molecule has 186 valence electrons. The first-order valence-corrected chi connectivity index (χ1v) is 12.0. The van der Waals surface area contributed by atoms with Gasteiger partial charge in [0.2, 0.25) is 0 Å². The maximum atomic E-state index is 13.4. The first-order chi connectivity index (χ1) is 17.2. The van der Waals surface area contributed by atoms with E-state index in [9.17, 15) is 14.7 Å². The summed E-state index contributed by atoms with van der Waals surface area (Å²) in [7, 11) is 4.53. The fraction of sp³-hybridized carbons (Fsp3) is 0.185. The second-order valence-electron chi connectivity index (χ2n) is 8.06. The molecule has 0 bridgehead atoms. The Kier molecular flexibility index (Phi) is 7.28. The molecule has 4 rings (SSSR count). The highest BCUT2D eigenvalue weighted by Crippen LogP contribution is 2.45. The van der Waals surface area contributed by atoms with Crippen LogP contribution in [0.25, 0.3) is 5.76 Å². The summed E-state index contributed by atoms with van der Waals surface area (Å²) in [5.41, 5.74) is 2.01. The van der Waals surface area contributed by atoms with Crippen LogP contribution in [0, 0.1) is 6.92 Å². The number of ether oxygens (including phenoxy) is 3. The number of carbonyl (C=O) groups excluding carboxylic acids is 2. The number of nitrogens with zero attached hydrogens (tertiary/aromatic N) is 1. The first kappa shape index (κ1) is 25.6. The van der Waals surface area contributed by atoms with Gasteiger partial charge in [-0.2, -0.15) is 0 Å². The summed E-state index contributed by atoms with van der Waals surface area (Å²) < 4.78 is 16.7. The van der Waals surface area contributed by atoms with Gasteiger partial charge in [-0.1, -0.05) is 23.7 Å². The van der Waals surface area contributed by atoms with Crippen molar-refractivity contribution in [3.05, 3.63) is 86.4 Å². The van der Waals surface area contributed by atoms with Gasteiger partial charge < -0.3 is 19.3 Å². The number of halogens is 2. The van der Waals surface area contributed by atoms with Crippen LogP contribution >= 0.6 is 27.5 Å². The molecule has 0 spiro atoms. The third kappa shape index (κ3) is 4.42. The molecule has 36 heavy (non-hydrogen) atoms. The number of aliphatic hydroxyl groups is 1. The van der Waals surface area contributed by atoms with Gasteiger partial charge in [-0.3, -0.25) is 14.5 Å². The summed E-state index contributed by atoms with van der Waals surface area (Å²) in [6, 6.07) is 14.1. The van der Waals surface area contributed by atoms with Gasteiger partial charge in [-0.25, -0.2) is 0 Å². The minimum absolute atomic E-state index is 0.0661. The molecule has 1 amide bonds. The van der Waals surface area contributed by atoms with Gasteiger partial charge in [0.25, 0.3) is 11.7 Å². The van der Waals surface area contributed by atoms with Gasteiger partial charge in [-0.15, -0.1) is 0 Å². The quantitative estimate of drug-likeness (QED) is 0.219. The molecule has 0 aromatic heterocycles. The second kappa shape index (κ2) is 10.2. The number of benzene rings is 3. The molecule has 3 aromatic rings. The number of aryl methyl sites for hydroxylation is 1. The van der Waals surface area contributed by atoms with E-state index in [1.807, 2.05) is 6.92 Å². The molecule has 1 heterocycles. The van der Waals surface area contributed by atoms with Gasteiger partial charge in [0, 0.05) is 16.3 Å². The van der Waals surface area contributed by atoms with Crippen molar-refractivity contribution >= 4 is 50.7 Å². The summed E-state index contributed by atoms with van der Waals surface area (Å²) >= 11 is 9.67. The van der Waals surface area contributed by atoms with Gasteiger partial charge in [0.1, 0.15) is 11.5 Å². The molecule has 1 unspecified atom stereocenters. The lowest BCUT2D eigenvalue weighted by atomic mass is 9.94. The lowest BCUT2D eigenvalue weighted by Crippen LogP contribution is -2.30. The van der Waals surface area contributed by atoms with E-state index in [2.05, 4.69) is 15.9 Å². The van der Waals surface area contributed by atoms with Crippen molar-refractivity contribution in [2.75, 3.05) is 26.2 Å². The SMILES string of the molecule is COc1ccc(/C(O)=C2\C(=O)C(=O)N(c3cc(Cl)ccc3C)C2c2ccc(OC)c(OC)c2)cc1Br. The zero-order valence-electron chi connectivity index (χ0n) is 20.0. The zero-order valence-corrected chi connectivity index (χ0v) is 22.3. The summed E-state index contributed by atoms with van der Waals surface area (Å²) in [6.07, 6.45) is 0. The van der Waals surface area contributed by atoms with Gasteiger partial charge in [-0.05, 0) is 76.4 Å². The summed E-state index contributed by atoms with van der Waals surface area (Å²) in [5.74, 6) is -0.476. The Bertz CT molecular complexity index is 1400. The van der Waals surface area contributed by atoms with Crippen LogP contribution in [0.2, 0.25) is 5.02 Å². The molecule has 1 N–H and O–H groups in total. The summed E-state index contributed by atoms with van der Waals surface area (Å²) in [4.78, 5) is 28.2. The molecule has 0 radical (unpaired) electrons. The van der Waals surface area contributed by atoms with E-state index < -0.39 is 17.7 Å². The van der Waals surface area contributed by atoms with Crippen molar-refractivity contribution in [1.82, 2.24) is 0 Å². The lowest BCUT2D eigenvalue weighted by Gasteiger charge is -2.27. The van der Waals surface area contributed by atoms with Crippen LogP contribution < -0.4 is 19.1 Å². The zero-order chi connectivity index (χ0) is 26.1. The maximum absolute atomic E-state index is 13.4. The smallest absolute Gasteiger partial charge is 0.300 e. The fourth-order valence-electron chi connectivity index (χ4n) is 4.23. The molecule has 3 aromatic carbocycles. The van der Waals surface area contributed by atoms with Crippen molar-refractivity contribution in [3.63, 3.8) is 0 Å². The fourth-order valence-corrected chi connectivity index (χ4v) is 4.94. The van der Waals surface area contributed by atoms with Crippen molar-refractivity contribution in [2.45, 2.75) is 13.0 Å². The Hall–Kier alpha value is -3.49. The second-order valence-corrected chi connectivity index (χ2v) is 9.35. The molecule has 1 saturated heterocycles. The number of carbonyl (C=O) groups is 2. The van der Waals surface area contributed by atoms with Gasteiger partial charge in [0.05, 0.1) is 37.4 Å². The van der Waals surface area contributed by atoms with Crippen LogP contribution in [0.1, 0.15) is 22.7 Å². The van der Waals surface area contributed by atoms with E-state index in [1.54, 1.807) is 54.6 Å². The normalized spacial score (nSPS) is 16.8. The average Bonchev–Trinajstić information content (AvgIpc) is 3.14. The summed E-state index contributed by atoms with van der Waals surface area (Å²) in [5, 5.41) is 11.8. The van der Waals surface area contributed by atoms with Crippen molar-refractivity contribution in [2.24, 2.45) is 0 Å². The molecular formula is C27H23BrClNO6. The Labute approximate surface area is 222 Å². The number of amides is 1. The van der Waals surface area contributed by atoms with E-state index in [0.717, 1.165) is 5.56 Å². The summed E-state index contributed by atoms with van der Waals surface area (Å²) in [6.45, 7) is 1.82. The maximum Gasteiger partial charge on any atom is 0.300 e. The number of ketones is 1. The molecule has 1 fully saturated rings. The number of rotatable bonds is 6. The molecule has 1 aliphatic heterocycles. The monoisotopic (exact) mass is 571 g/mol. The Balaban J connectivity index is 2.00. The molecular weight excluding hydrogens is 550 g/mol. The average molecular weight is 573 g/mol. The number of hydrogen-bond donors (Lipinski definition) is 1. The number of aliphatic hydroxyl groups excluding tert-OH is 1. The molecule has 9 heteroatoms. The van der Waals surface area contributed by atoms with Gasteiger partial charge in [0.15, 0.2) is 11.5 Å². The van der Waals surface area contributed by atoms with E-state index in [1.165, 1.54) is 26.2 Å². The third-order valence-electron chi connectivity index (χ3n) is 6.02. The van der Waals surface area contributed by atoms with Crippen LogP contribution in [0.4, 0.5) is 5.69 Å². The Morgan fingerprint density at radius 2 is 1.58 bits per heavy atom. The van der Waals surface area contributed by atoms with Crippen molar-refractivity contribution in [3.8, 4) is 17.2 Å². The van der Waals surface area contributed by atoms with Gasteiger partial charge >= 0.3 is 0 Å². The minimum Gasteiger partial charge on any atom is -0.507 e. The number of Topliss-reactive ketones (excluding diaryl/α,β-unsaturated/α-hetero) is 1. The Morgan fingerprint density at radius 3 is 2.22 bits per heavy atom. The van der Waals surface area contributed by atoms with Crippen LogP contribution in [-0.2, 0) is 9.59 Å². The standard InChI is InChI=1S/C27H23BrClNO6/c1-14-5-8-17(29)13-19(14)30-24(15-6-10-21(35-3)22(12-15)36-4)23(26(32)27(30)33)25(31)16-7-9-20(34-2)18(28)11-16/h5-13,24,31H,1-4H3/b25-23+. The van der Waals surface area contributed by atoms with E-state index >= 15 is 0 Å². The van der Waals surface area contributed by atoms with Crippen molar-refractivity contribution in [1.29, 1.82) is 0 Å². The third-order valence-corrected chi connectivity index (χ3v) is 6.88. The van der Waals surface area contributed by atoms with Crippen LogP contribution in [0.5, 0.6) is 17.2 Å². The molecule has 1 aliphatic rings. The van der Waals surface area contributed by atoms with E-state index in [0.29, 0.717) is 43.6 Å². The number of methoxy groups -OCH3 is 3. The molecule has 0 saturated carbocycles. The highest BCUT2D eigenvalue weighted by atomic mass is 79.9. The number of anilines is 1. The largest absolute Gasteiger partial charge is 0.507 e. The molecule has 7 nitrogen and oxygen atoms in total. The molecule has 0 aliphatic carbocycles. The number of hydrogen-bond acceptors (Lipinski definition) is 6.